The zero-order chi connectivity index (χ0) is 15.0. The first-order valence-electron chi connectivity index (χ1n) is 6.49. The molecule has 0 aliphatic heterocycles. The third-order valence-corrected chi connectivity index (χ3v) is 7.38. The summed E-state index contributed by atoms with van der Waals surface area (Å²) in [6.45, 7) is 2.32. The maximum Gasteiger partial charge on any atom is 0.243 e. The second-order valence-electron chi connectivity index (χ2n) is 5.30. The molecule has 1 fully saturated rings. The molecule has 4 nitrogen and oxygen atoms in total. The molecule has 1 aromatic rings. The summed E-state index contributed by atoms with van der Waals surface area (Å²) in [5, 5.41) is 0. The number of thiophene rings is 1. The maximum atomic E-state index is 12.5. The van der Waals surface area contributed by atoms with Crippen molar-refractivity contribution in [3.05, 3.63) is 14.7 Å². The fourth-order valence-corrected chi connectivity index (χ4v) is 6.43. The fourth-order valence-electron chi connectivity index (χ4n) is 2.74. The Hall–Kier alpha value is 0.150. The molecule has 8 heteroatoms. The zero-order valence-electron chi connectivity index (χ0n) is 11.2. The largest absolute Gasteiger partial charge is 0.329 e. The maximum absolute atomic E-state index is 12.5. The van der Waals surface area contributed by atoms with E-state index in [1.165, 1.54) is 6.07 Å². The number of hydrogen-bond donors (Lipinski definition) is 2. The smallest absolute Gasteiger partial charge is 0.243 e. The molecule has 1 aromatic heterocycles. The lowest BCUT2D eigenvalue weighted by molar-refractivity contribution is 0.191. The normalized spacial score (nSPS) is 27.7. The Bertz CT molecular complexity index is 588. The van der Waals surface area contributed by atoms with Crippen LogP contribution in [0.1, 0.15) is 32.6 Å². The van der Waals surface area contributed by atoms with Gasteiger partial charge in [-0.15, -0.1) is 11.3 Å². The first-order chi connectivity index (χ1) is 9.31. The van der Waals surface area contributed by atoms with Crippen LogP contribution in [0.15, 0.2) is 11.0 Å². The Morgan fingerprint density at radius 1 is 1.50 bits per heavy atom. The highest BCUT2D eigenvalue weighted by Crippen LogP contribution is 2.38. The molecule has 2 atom stereocenters. The van der Waals surface area contributed by atoms with E-state index in [9.17, 15) is 8.42 Å². The second-order valence-corrected chi connectivity index (χ2v) is 9.24. The fraction of sp³-hybridized carbons (Fsp3) is 0.667. The highest BCUT2D eigenvalue weighted by molar-refractivity contribution is 7.89. The van der Waals surface area contributed by atoms with E-state index in [4.69, 9.17) is 28.9 Å². The van der Waals surface area contributed by atoms with Gasteiger partial charge in [-0.25, -0.2) is 13.1 Å². The van der Waals surface area contributed by atoms with Crippen molar-refractivity contribution in [3.63, 3.8) is 0 Å². The minimum absolute atomic E-state index is 0.0414. The lowest BCUT2D eigenvalue weighted by Crippen LogP contribution is -2.58. The van der Waals surface area contributed by atoms with Gasteiger partial charge in [-0.3, -0.25) is 0 Å². The Morgan fingerprint density at radius 3 is 2.70 bits per heavy atom. The highest BCUT2D eigenvalue weighted by Gasteiger charge is 2.41. The number of hydrogen-bond acceptors (Lipinski definition) is 4. The summed E-state index contributed by atoms with van der Waals surface area (Å²) < 4.78 is 28.4. The van der Waals surface area contributed by atoms with Gasteiger partial charge in [-0.1, -0.05) is 43.0 Å². The summed E-state index contributed by atoms with van der Waals surface area (Å²) in [7, 11) is -3.71. The standard InChI is InChI=1S/C12H18Cl2N2O2S2/c1-8-4-2-3-5-12(8,7-15)16-20(17,18)9-6-10(13)19-11(9)14/h6,8,16H,2-5,7,15H2,1H3. The van der Waals surface area contributed by atoms with Gasteiger partial charge in [0.15, 0.2) is 0 Å². The van der Waals surface area contributed by atoms with Crippen molar-refractivity contribution in [2.75, 3.05) is 6.54 Å². The van der Waals surface area contributed by atoms with Crippen LogP contribution in [0.3, 0.4) is 0 Å². The molecule has 0 radical (unpaired) electrons. The summed E-state index contributed by atoms with van der Waals surface area (Å²) in [4.78, 5) is 0.0414. The van der Waals surface area contributed by atoms with Gasteiger partial charge in [-0.05, 0) is 24.8 Å². The van der Waals surface area contributed by atoms with E-state index in [0.717, 1.165) is 37.0 Å². The van der Waals surface area contributed by atoms with Crippen LogP contribution in [0.2, 0.25) is 8.67 Å². The van der Waals surface area contributed by atoms with Gasteiger partial charge in [-0.2, -0.15) is 0 Å². The van der Waals surface area contributed by atoms with Gasteiger partial charge in [0.05, 0.1) is 4.34 Å². The Morgan fingerprint density at radius 2 is 2.20 bits per heavy atom. The Labute approximate surface area is 133 Å². The van der Waals surface area contributed by atoms with Crippen LogP contribution in [-0.2, 0) is 10.0 Å². The highest BCUT2D eigenvalue weighted by atomic mass is 35.5. The van der Waals surface area contributed by atoms with Crippen LogP contribution in [0.4, 0.5) is 0 Å². The van der Waals surface area contributed by atoms with Crippen LogP contribution < -0.4 is 10.5 Å². The molecule has 0 saturated heterocycles. The van der Waals surface area contributed by atoms with Crippen LogP contribution in [0, 0.1) is 5.92 Å². The molecule has 3 N–H and O–H groups in total. The number of nitrogens with two attached hydrogens (primary N) is 1. The van der Waals surface area contributed by atoms with E-state index in [1.807, 2.05) is 6.92 Å². The molecule has 2 unspecified atom stereocenters. The Kier molecular flexibility index (Phi) is 5.04. The summed E-state index contributed by atoms with van der Waals surface area (Å²) in [5.41, 5.74) is 5.29. The van der Waals surface area contributed by atoms with Crippen molar-refractivity contribution >= 4 is 44.6 Å². The van der Waals surface area contributed by atoms with E-state index in [1.54, 1.807) is 0 Å². The lowest BCUT2D eigenvalue weighted by atomic mass is 9.74. The average Bonchev–Trinajstić information content (AvgIpc) is 2.72. The zero-order valence-corrected chi connectivity index (χ0v) is 14.3. The van der Waals surface area contributed by atoms with E-state index in [0.29, 0.717) is 4.34 Å². The molecule has 2 rings (SSSR count). The first kappa shape index (κ1) is 16.5. The summed E-state index contributed by atoms with van der Waals surface area (Å²) in [6.07, 6.45) is 3.80. The number of nitrogens with one attached hydrogen (secondary N) is 1. The molecule has 0 amide bonds. The van der Waals surface area contributed by atoms with E-state index < -0.39 is 15.6 Å². The summed E-state index contributed by atoms with van der Waals surface area (Å²) in [5.74, 6) is 0.198. The van der Waals surface area contributed by atoms with Gasteiger partial charge in [0, 0.05) is 12.1 Å². The van der Waals surface area contributed by atoms with Crippen LogP contribution in [-0.4, -0.2) is 20.5 Å². The van der Waals surface area contributed by atoms with Crippen LogP contribution in [0.5, 0.6) is 0 Å². The third-order valence-electron chi connectivity index (χ3n) is 4.07. The molecule has 114 valence electrons. The van der Waals surface area contributed by atoms with Crippen LogP contribution in [0.25, 0.3) is 0 Å². The van der Waals surface area contributed by atoms with Gasteiger partial charge in [0.25, 0.3) is 0 Å². The molecule has 1 aliphatic rings. The molecule has 1 heterocycles. The van der Waals surface area contributed by atoms with Crippen molar-refractivity contribution in [1.29, 1.82) is 0 Å². The van der Waals surface area contributed by atoms with Crippen LogP contribution >= 0.6 is 34.5 Å². The molecule has 1 aliphatic carbocycles. The minimum atomic E-state index is -3.71. The van der Waals surface area contributed by atoms with E-state index in [-0.39, 0.29) is 21.7 Å². The average molecular weight is 357 g/mol. The van der Waals surface area contributed by atoms with Crippen molar-refractivity contribution in [2.45, 2.75) is 43.0 Å². The first-order valence-corrected chi connectivity index (χ1v) is 9.55. The predicted molar refractivity (Wildman–Crippen MR) is 84.1 cm³/mol. The Balaban J connectivity index is 2.33. The number of sulfonamides is 1. The van der Waals surface area contributed by atoms with Crippen molar-refractivity contribution in [3.8, 4) is 0 Å². The van der Waals surface area contributed by atoms with Gasteiger partial charge >= 0.3 is 0 Å². The SMILES string of the molecule is CC1CCCCC1(CN)NS(=O)(=O)c1cc(Cl)sc1Cl. The lowest BCUT2D eigenvalue weighted by Gasteiger charge is -2.42. The topological polar surface area (TPSA) is 72.2 Å². The van der Waals surface area contributed by atoms with Crippen molar-refractivity contribution in [2.24, 2.45) is 11.7 Å². The van der Waals surface area contributed by atoms with Crippen molar-refractivity contribution in [1.82, 2.24) is 4.72 Å². The van der Waals surface area contributed by atoms with Crippen molar-refractivity contribution < 1.29 is 8.42 Å². The third kappa shape index (κ3) is 3.15. The van der Waals surface area contributed by atoms with Gasteiger partial charge in [0.1, 0.15) is 9.23 Å². The van der Waals surface area contributed by atoms with E-state index >= 15 is 0 Å². The second kappa shape index (κ2) is 6.10. The molecular formula is C12H18Cl2N2O2S2. The molecule has 1 saturated carbocycles. The van der Waals surface area contributed by atoms with E-state index in [2.05, 4.69) is 4.72 Å². The molecule has 0 spiro atoms. The minimum Gasteiger partial charge on any atom is -0.329 e. The number of rotatable bonds is 4. The molecule has 20 heavy (non-hydrogen) atoms. The molecule has 0 bridgehead atoms. The van der Waals surface area contributed by atoms with Gasteiger partial charge in [0.2, 0.25) is 10.0 Å². The summed E-state index contributed by atoms with van der Waals surface area (Å²) >= 11 is 12.8. The van der Waals surface area contributed by atoms with Gasteiger partial charge < -0.3 is 5.73 Å². The summed E-state index contributed by atoms with van der Waals surface area (Å²) in [6, 6.07) is 1.38. The molecular weight excluding hydrogens is 339 g/mol. The number of halogens is 2. The monoisotopic (exact) mass is 356 g/mol. The molecule has 0 aromatic carbocycles. The predicted octanol–water partition coefficient (Wildman–Crippen LogP) is 3.24. The quantitative estimate of drug-likeness (QED) is 0.869.